The highest BCUT2D eigenvalue weighted by Gasteiger charge is 2.60. The minimum absolute atomic E-state index is 0.00409. The van der Waals surface area contributed by atoms with Crippen LogP contribution in [-0.2, 0) is 19.2 Å². The van der Waals surface area contributed by atoms with Gasteiger partial charge in [0.25, 0.3) is 0 Å². The summed E-state index contributed by atoms with van der Waals surface area (Å²) in [7, 11) is 0. The molecule has 0 radical (unpaired) electrons. The van der Waals surface area contributed by atoms with Gasteiger partial charge in [0.15, 0.2) is 0 Å². The third kappa shape index (κ3) is 3.78. The molecular formula is C20H29N5O6S. The Balaban J connectivity index is 1.43. The molecule has 4 aliphatic heterocycles. The maximum absolute atomic E-state index is 13.0. The van der Waals surface area contributed by atoms with Crippen LogP contribution in [0.1, 0.15) is 20.3 Å². The van der Waals surface area contributed by atoms with E-state index in [1.165, 1.54) is 16.7 Å². The largest absolute Gasteiger partial charge is 0.477 e. The van der Waals surface area contributed by atoms with Gasteiger partial charge in [-0.25, -0.2) is 4.79 Å². The molecule has 4 heterocycles. The third-order valence-electron chi connectivity index (χ3n) is 6.82. The van der Waals surface area contributed by atoms with Crippen LogP contribution in [-0.4, -0.2) is 99.4 Å². The van der Waals surface area contributed by atoms with Crippen LogP contribution < -0.4 is 16.4 Å². The van der Waals surface area contributed by atoms with Gasteiger partial charge in [0, 0.05) is 42.3 Å². The summed E-state index contributed by atoms with van der Waals surface area (Å²) in [5.41, 5.74) is 5.35. The predicted octanol–water partition coefficient (Wildman–Crippen LogP) is -2.11. The number of carboxylic acids is 1. The zero-order valence-corrected chi connectivity index (χ0v) is 18.8. The lowest BCUT2D eigenvalue weighted by Gasteiger charge is -2.46. The SMILES string of the molecule is C[C@@H](O)[C@H]1C(=O)N2C(C(=O)O)=C(S[C@@H]3CN[C@H](C(=O)N4CCNC(C(N)=O)C4)C3)[C@H](C)[C@H]12. The summed E-state index contributed by atoms with van der Waals surface area (Å²) < 4.78 is 0. The van der Waals surface area contributed by atoms with Gasteiger partial charge in [-0.3, -0.25) is 14.4 Å². The van der Waals surface area contributed by atoms with Gasteiger partial charge in [-0.2, -0.15) is 0 Å². The number of hydrogen-bond donors (Lipinski definition) is 5. The Labute approximate surface area is 189 Å². The van der Waals surface area contributed by atoms with Crippen molar-refractivity contribution < 1.29 is 29.4 Å². The molecule has 4 rings (SSSR count). The smallest absolute Gasteiger partial charge is 0.353 e. The van der Waals surface area contributed by atoms with Crippen LogP contribution in [0.15, 0.2) is 10.6 Å². The Morgan fingerprint density at radius 1 is 1.25 bits per heavy atom. The summed E-state index contributed by atoms with van der Waals surface area (Å²) in [6.45, 7) is 5.17. The molecule has 4 aliphatic rings. The van der Waals surface area contributed by atoms with Crippen molar-refractivity contribution in [1.29, 1.82) is 0 Å². The van der Waals surface area contributed by atoms with Gasteiger partial charge in [0.1, 0.15) is 11.7 Å². The molecule has 32 heavy (non-hydrogen) atoms. The Hall–Kier alpha value is -2.15. The second-order valence-corrected chi connectivity index (χ2v) is 10.2. The Bertz CT molecular complexity index is 879. The lowest BCUT2D eigenvalue weighted by atomic mass is 9.79. The third-order valence-corrected chi connectivity index (χ3v) is 8.34. The van der Waals surface area contributed by atoms with E-state index in [1.54, 1.807) is 11.8 Å². The van der Waals surface area contributed by atoms with Gasteiger partial charge >= 0.3 is 5.97 Å². The number of nitrogens with zero attached hydrogens (tertiary/aromatic N) is 2. The Kier molecular flexibility index (Phi) is 6.23. The fraction of sp³-hybridized carbons (Fsp3) is 0.700. The molecule has 1 unspecified atom stereocenters. The van der Waals surface area contributed by atoms with Gasteiger partial charge < -0.3 is 36.4 Å². The average molecular weight is 468 g/mol. The molecule has 0 aromatic rings. The lowest BCUT2D eigenvalue weighted by Crippen LogP contribution is -2.63. The van der Waals surface area contributed by atoms with E-state index in [2.05, 4.69) is 10.6 Å². The first kappa shape index (κ1) is 23.0. The van der Waals surface area contributed by atoms with Crippen LogP contribution in [0.25, 0.3) is 0 Å². The molecule has 3 amide bonds. The molecule has 176 valence electrons. The first-order valence-corrected chi connectivity index (χ1v) is 11.7. The number of carboxylic acid groups (broad SMARTS) is 1. The topological polar surface area (TPSA) is 165 Å². The van der Waals surface area contributed by atoms with Gasteiger partial charge in [-0.15, -0.1) is 11.8 Å². The van der Waals surface area contributed by atoms with Gasteiger partial charge in [-0.1, -0.05) is 6.92 Å². The Morgan fingerprint density at radius 3 is 2.59 bits per heavy atom. The molecule has 3 fully saturated rings. The molecule has 0 aromatic carbocycles. The molecule has 6 N–H and O–H groups in total. The molecule has 11 nitrogen and oxygen atoms in total. The number of nitrogens with one attached hydrogen (secondary N) is 2. The van der Waals surface area contributed by atoms with Crippen molar-refractivity contribution in [3.8, 4) is 0 Å². The van der Waals surface area contributed by atoms with Crippen molar-refractivity contribution >= 4 is 35.5 Å². The number of primary amides is 1. The number of carbonyl (C=O) groups is 4. The highest BCUT2D eigenvalue weighted by molar-refractivity contribution is 8.03. The number of aliphatic hydroxyl groups is 1. The quantitative estimate of drug-likeness (QED) is 0.275. The molecule has 0 bridgehead atoms. The predicted molar refractivity (Wildman–Crippen MR) is 115 cm³/mol. The average Bonchev–Trinajstić information content (AvgIpc) is 3.29. The maximum atomic E-state index is 13.0. The van der Waals surface area contributed by atoms with E-state index in [4.69, 9.17) is 5.73 Å². The number of β-lactam (4-membered cyclic amide) rings is 1. The summed E-state index contributed by atoms with van der Waals surface area (Å²) >= 11 is 1.40. The van der Waals surface area contributed by atoms with E-state index in [1.807, 2.05) is 6.92 Å². The number of aliphatic hydroxyl groups excluding tert-OH is 1. The van der Waals surface area contributed by atoms with Crippen molar-refractivity contribution in [3.63, 3.8) is 0 Å². The number of thioether (sulfide) groups is 1. The molecule has 7 atom stereocenters. The molecule has 0 aromatic heterocycles. The number of hydrogen-bond acceptors (Lipinski definition) is 8. The van der Waals surface area contributed by atoms with Crippen LogP contribution >= 0.6 is 11.8 Å². The molecule has 0 spiro atoms. The number of piperazine rings is 1. The molecule has 0 saturated carbocycles. The number of nitrogens with two attached hydrogens (primary N) is 1. The normalized spacial score (nSPS) is 35.5. The van der Waals surface area contributed by atoms with E-state index in [0.29, 0.717) is 31.0 Å². The number of amides is 3. The lowest BCUT2D eigenvalue weighted by molar-refractivity contribution is -0.163. The second kappa shape index (κ2) is 8.65. The standard InChI is InChI=1S/C20H29N5O6S/c1-8-14-13(9(2)26)19(29)25(14)15(20(30)31)16(8)32-10-5-11(23-6-10)18(28)24-4-3-22-12(7-24)17(21)27/h8-14,22-23,26H,3-7H2,1-2H3,(H2,21,27)(H,30,31)/t8-,9-,10+,11+,12?,13-,14-/m1/s1. The Morgan fingerprint density at radius 2 is 1.97 bits per heavy atom. The second-order valence-electron chi connectivity index (χ2n) is 8.90. The highest BCUT2D eigenvalue weighted by atomic mass is 32.2. The van der Waals surface area contributed by atoms with E-state index in [9.17, 15) is 29.4 Å². The fourth-order valence-corrected chi connectivity index (χ4v) is 6.68. The first-order valence-electron chi connectivity index (χ1n) is 10.8. The minimum Gasteiger partial charge on any atom is -0.477 e. The van der Waals surface area contributed by atoms with Gasteiger partial charge in [-0.05, 0) is 13.3 Å². The number of fused-ring (bicyclic) bond motifs is 1. The summed E-state index contributed by atoms with van der Waals surface area (Å²) in [6.07, 6.45) is -0.333. The number of aliphatic carboxylic acids is 1. The molecule has 3 saturated heterocycles. The highest BCUT2D eigenvalue weighted by Crippen LogP contribution is 2.51. The number of rotatable bonds is 6. The van der Waals surface area contributed by atoms with Crippen molar-refractivity contribution in [2.75, 3.05) is 26.2 Å². The molecule has 0 aliphatic carbocycles. The summed E-state index contributed by atoms with van der Waals surface area (Å²) in [6, 6.07) is -1.34. The van der Waals surface area contributed by atoms with Crippen LogP contribution in [0, 0.1) is 11.8 Å². The van der Waals surface area contributed by atoms with Crippen LogP contribution in [0.2, 0.25) is 0 Å². The van der Waals surface area contributed by atoms with E-state index in [-0.39, 0.29) is 41.3 Å². The van der Waals surface area contributed by atoms with E-state index < -0.39 is 36.0 Å². The zero-order valence-electron chi connectivity index (χ0n) is 18.0. The van der Waals surface area contributed by atoms with Crippen molar-refractivity contribution in [1.82, 2.24) is 20.4 Å². The minimum atomic E-state index is -1.16. The van der Waals surface area contributed by atoms with E-state index in [0.717, 1.165) is 0 Å². The van der Waals surface area contributed by atoms with E-state index >= 15 is 0 Å². The van der Waals surface area contributed by atoms with Crippen LogP contribution in [0.5, 0.6) is 0 Å². The van der Waals surface area contributed by atoms with Crippen molar-refractivity contribution in [2.24, 2.45) is 17.6 Å². The summed E-state index contributed by atoms with van der Waals surface area (Å²) in [5, 5.41) is 25.9. The van der Waals surface area contributed by atoms with Crippen LogP contribution in [0.3, 0.4) is 0 Å². The van der Waals surface area contributed by atoms with Crippen molar-refractivity contribution in [3.05, 3.63) is 10.6 Å². The van der Waals surface area contributed by atoms with Gasteiger partial charge in [0.05, 0.1) is 24.1 Å². The summed E-state index contributed by atoms with van der Waals surface area (Å²) in [4.78, 5) is 52.4. The molecular weight excluding hydrogens is 438 g/mol. The van der Waals surface area contributed by atoms with Crippen LogP contribution in [0.4, 0.5) is 0 Å². The van der Waals surface area contributed by atoms with Gasteiger partial charge in [0.2, 0.25) is 17.7 Å². The first-order chi connectivity index (χ1) is 15.1. The summed E-state index contributed by atoms with van der Waals surface area (Å²) in [5.74, 6) is -2.90. The van der Waals surface area contributed by atoms with Crippen molar-refractivity contribution in [2.45, 2.75) is 49.7 Å². The number of carbonyl (C=O) groups excluding carboxylic acids is 3. The fourth-order valence-electron chi connectivity index (χ4n) is 5.20. The molecule has 12 heteroatoms. The maximum Gasteiger partial charge on any atom is 0.353 e. The monoisotopic (exact) mass is 467 g/mol. The zero-order chi connectivity index (χ0) is 23.3.